The molecule has 1 saturated carbocycles. The SMILES string of the molecule is COc1ccc(-c2nnc(S[C@H](C)c3nc4sc(C)c(C)c4c(=O)[nH]3)n2C2CCCCC2)cc1. The van der Waals surface area contributed by atoms with Gasteiger partial charge in [0.15, 0.2) is 11.0 Å². The second-order valence-corrected chi connectivity index (χ2v) is 11.4. The predicted octanol–water partition coefficient (Wildman–Crippen LogP) is 6.23. The van der Waals surface area contributed by atoms with Crippen molar-refractivity contribution >= 4 is 33.3 Å². The first-order valence-electron chi connectivity index (χ1n) is 11.7. The molecule has 9 heteroatoms. The molecule has 0 aliphatic heterocycles. The van der Waals surface area contributed by atoms with Crippen molar-refractivity contribution in [2.45, 2.75) is 69.3 Å². The van der Waals surface area contributed by atoms with Crippen LogP contribution < -0.4 is 10.3 Å². The summed E-state index contributed by atoms with van der Waals surface area (Å²) in [5.74, 6) is 2.37. The first kappa shape index (κ1) is 23.1. The zero-order valence-electron chi connectivity index (χ0n) is 19.9. The molecule has 4 aromatic rings. The fraction of sp³-hybridized carbons (Fsp3) is 0.440. The van der Waals surface area contributed by atoms with Gasteiger partial charge in [0, 0.05) is 16.5 Å². The van der Waals surface area contributed by atoms with E-state index in [4.69, 9.17) is 9.72 Å². The zero-order valence-corrected chi connectivity index (χ0v) is 21.6. The number of nitrogens with one attached hydrogen (secondary N) is 1. The van der Waals surface area contributed by atoms with Gasteiger partial charge >= 0.3 is 0 Å². The minimum atomic E-state index is -0.0740. The van der Waals surface area contributed by atoms with Crippen molar-refractivity contribution in [3.8, 4) is 17.1 Å². The summed E-state index contributed by atoms with van der Waals surface area (Å²) < 4.78 is 7.63. The highest BCUT2D eigenvalue weighted by Gasteiger charge is 2.26. The summed E-state index contributed by atoms with van der Waals surface area (Å²) in [4.78, 5) is 22.6. The van der Waals surface area contributed by atoms with Crippen LogP contribution in [-0.2, 0) is 0 Å². The maximum atomic E-state index is 12.8. The Morgan fingerprint density at radius 3 is 2.59 bits per heavy atom. The molecular weight excluding hydrogens is 466 g/mol. The third kappa shape index (κ3) is 4.27. The van der Waals surface area contributed by atoms with Crippen LogP contribution in [0.5, 0.6) is 5.75 Å². The Kier molecular flexibility index (Phi) is 6.48. The minimum absolute atomic E-state index is 0.0676. The van der Waals surface area contributed by atoms with Crippen molar-refractivity contribution in [2.24, 2.45) is 0 Å². The zero-order chi connectivity index (χ0) is 23.8. The molecule has 0 amide bonds. The van der Waals surface area contributed by atoms with Crippen LogP contribution in [0.4, 0.5) is 0 Å². The third-order valence-corrected chi connectivity index (χ3v) is 8.84. The summed E-state index contributed by atoms with van der Waals surface area (Å²) in [6.45, 7) is 6.08. The Morgan fingerprint density at radius 2 is 1.88 bits per heavy atom. The van der Waals surface area contributed by atoms with Crippen LogP contribution >= 0.6 is 23.1 Å². The van der Waals surface area contributed by atoms with E-state index in [0.717, 1.165) is 50.4 Å². The average molecular weight is 496 g/mol. The number of thiophene rings is 1. The molecular formula is C25H29N5O2S2. The number of aromatic amines is 1. The summed E-state index contributed by atoms with van der Waals surface area (Å²) in [5, 5.41) is 10.7. The van der Waals surface area contributed by atoms with E-state index in [-0.39, 0.29) is 10.8 Å². The number of methoxy groups -OCH3 is 1. The van der Waals surface area contributed by atoms with Crippen LogP contribution in [0, 0.1) is 13.8 Å². The molecule has 3 aromatic heterocycles. The van der Waals surface area contributed by atoms with Crippen LogP contribution in [0.3, 0.4) is 0 Å². The van der Waals surface area contributed by atoms with Gasteiger partial charge in [0.25, 0.3) is 5.56 Å². The van der Waals surface area contributed by atoms with Gasteiger partial charge < -0.3 is 9.72 Å². The van der Waals surface area contributed by atoms with E-state index >= 15 is 0 Å². The molecule has 178 valence electrons. The summed E-state index contributed by atoms with van der Waals surface area (Å²) in [6.07, 6.45) is 5.95. The van der Waals surface area contributed by atoms with E-state index in [9.17, 15) is 4.79 Å². The van der Waals surface area contributed by atoms with Crippen molar-refractivity contribution in [1.82, 2.24) is 24.7 Å². The number of aryl methyl sites for hydroxylation is 2. The topological polar surface area (TPSA) is 85.7 Å². The normalized spacial score (nSPS) is 15.6. The predicted molar refractivity (Wildman–Crippen MR) is 138 cm³/mol. The number of rotatable bonds is 6. The fourth-order valence-corrected chi connectivity index (χ4v) is 6.65. The van der Waals surface area contributed by atoms with Crippen molar-refractivity contribution < 1.29 is 4.74 Å². The molecule has 3 heterocycles. The smallest absolute Gasteiger partial charge is 0.259 e. The summed E-state index contributed by atoms with van der Waals surface area (Å²) >= 11 is 3.18. The molecule has 0 saturated heterocycles. The third-order valence-electron chi connectivity index (χ3n) is 6.68. The summed E-state index contributed by atoms with van der Waals surface area (Å²) in [6, 6.07) is 8.36. The Hall–Kier alpha value is -2.65. The number of nitrogens with zero attached hydrogens (tertiary/aromatic N) is 4. The highest BCUT2D eigenvalue weighted by Crippen LogP contribution is 2.40. The number of hydrogen-bond donors (Lipinski definition) is 1. The average Bonchev–Trinajstić information content (AvgIpc) is 3.40. The lowest BCUT2D eigenvalue weighted by molar-refractivity contribution is 0.339. The van der Waals surface area contributed by atoms with Crippen molar-refractivity contribution in [1.29, 1.82) is 0 Å². The van der Waals surface area contributed by atoms with Gasteiger partial charge in [-0.1, -0.05) is 31.0 Å². The number of H-pyrrole nitrogens is 1. The van der Waals surface area contributed by atoms with E-state index in [1.54, 1.807) is 30.2 Å². The van der Waals surface area contributed by atoms with Crippen LogP contribution in [0.2, 0.25) is 0 Å². The molecule has 1 aliphatic carbocycles. The van der Waals surface area contributed by atoms with Crippen LogP contribution in [0.25, 0.3) is 21.6 Å². The molecule has 0 unspecified atom stereocenters. The van der Waals surface area contributed by atoms with Gasteiger partial charge in [-0.15, -0.1) is 21.5 Å². The number of benzene rings is 1. The molecule has 0 bridgehead atoms. The molecule has 1 aromatic carbocycles. The fourth-order valence-electron chi connectivity index (χ4n) is 4.64. The molecule has 1 N–H and O–H groups in total. The number of fused-ring (bicyclic) bond motifs is 1. The summed E-state index contributed by atoms with van der Waals surface area (Å²) in [7, 11) is 1.67. The first-order chi connectivity index (χ1) is 16.5. The van der Waals surface area contributed by atoms with Crippen LogP contribution in [0.15, 0.2) is 34.2 Å². The van der Waals surface area contributed by atoms with Crippen LogP contribution in [-0.4, -0.2) is 31.8 Å². The highest BCUT2D eigenvalue weighted by atomic mass is 32.2. The Balaban J connectivity index is 1.51. The lowest BCUT2D eigenvalue weighted by Gasteiger charge is -2.26. The van der Waals surface area contributed by atoms with E-state index in [1.165, 1.54) is 19.3 Å². The number of thioether (sulfide) groups is 1. The monoisotopic (exact) mass is 495 g/mol. The maximum Gasteiger partial charge on any atom is 0.259 e. The second-order valence-electron chi connectivity index (χ2n) is 8.87. The van der Waals surface area contributed by atoms with Gasteiger partial charge in [-0.05, 0) is 63.4 Å². The Morgan fingerprint density at radius 1 is 1.15 bits per heavy atom. The molecule has 1 aliphatic rings. The van der Waals surface area contributed by atoms with Crippen molar-refractivity contribution in [3.63, 3.8) is 0 Å². The lowest BCUT2D eigenvalue weighted by Crippen LogP contribution is -2.16. The quantitative estimate of drug-likeness (QED) is 0.319. The molecule has 7 nitrogen and oxygen atoms in total. The maximum absolute atomic E-state index is 12.8. The second kappa shape index (κ2) is 9.54. The van der Waals surface area contributed by atoms with Gasteiger partial charge in [0.05, 0.1) is 17.7 Å². The number of hydrogen-bond acceptors (Lipinski definition) is 7. The van der Waals surface area contributed by atoms with E-state index in [1.807, 2.05) is 38.1 Å². The minimum Gasteiger partial charge on any atom is -0.497 e. The molecule has 0 spiro atoms. The van der Waals surface area contributed by atoms with Gasteiger partial charge in [-0.2, -0.15) is 0 Å². The van der Waals surface area contributed by atoms with E-state index < -0.39 is 0 Å². The van der Waals surface area contributed by atoms with Gasteiger partial charge in [-0.3, -0.25) is 9.36 Å². The van der Waals surface area contributed by atoms with Crippen molar-refractivity contribution in [3.05, 3.63) is 50.9 Å². The largest absolute Gasteiger partial charge is 0.497 e. The Labute approximate surface area is 207 Å². The van der Waals surface area contributed by atoms with Crippen LogP contribution in [0.1, 0.15) is 66.6 Å². The molecule has 1 fully saturated rings. The standard InChI is InChI=1S/C25H29N5O2S2/c1-14-15(2)33-24-20(14)23(31)26-21(27-24)16(3)34-25-29-28-22(17-10-12-19(32-4)13-11-17)30(25)18-8-6-5-7-9-18/h10-13,16,18H,5-9H2,1-4H3,(H,26,27,31)/t16-/m1/s1. The highest BCUT2D eigenvalue weighted by molar-refractivity contribution is 7.99. The van der Waals surface area contributed by atoms with Gasteiger partial charge in [0.1, 0.15) is 16.4 Å². The lowest BCUT2D eigenvalue weighted by atomic mass is 9.95. The summed E-state index contributed by atoms with van der Waals surface area (Å²) in [5.41, 5.74) is 1.97. The molecule has 5 rings (SSSR count). The Bertz CT molecular complexity index is 1370. The molecule has 34 heavy (non-hydrogen) atoms. The molecule has 0 radical (unpaired) electrons. The number of ether oxygens (including phenoxy) is 1. The van der Waals surface area contributed by atoms with Gasteiger partial charge in [-0.25, -0.2) is 4.98 Å². The van der Waals surface area contributed by atoms with E-state index in [2.05, 4.69) is 26.7 Å². The van der Waals surface area contributed by atoms with E-state index in [0.29, 0.717) is 17.3 Å². The van der Waals surface area contributed by atoms with Gasteiger partial charge in [0.2, 0.25) is 0 Å². The van der Waals surface area contributed by atoms with Crippen molar-refractivity contribution in [2.75, 3.05) is 7.11 Å². The molecule has 1 atom stereocenters. The number of aromatic nitrogens is 5. The first-order valence-corrected chi connectivity index (χ1v) is 13.4.